The first-order valence-corrected chi connectivity index (χ1v) is 7.77. The normalized spacial score (nSPS) is 11.3. The third-order valence-electron chi connectivity index (χ3n) is 3.72. The average Bonchev–Trinajstić information content (AvgIpc) is 2.87. The van der Waals surface area contributed by atoms with Crippen molar-refractivity contribution in [1.82, 2.24) is 9.78 Å². The van der Waals surface area contributed by atoms with E-state index >= 15 is 0 Å². The molecule has 0 saturated carbocycles. The lowest BCUT2D eigenvalue weighted by Gasteiger charge is -2.13. The molecule has 5 nitrogen and oxygen atoms in total. The molecule has 0 radical (unpaired) electrons. The van der Waals surface area contributed by atoms with Gasteiger partial charge in [0.25, 0.3) is 0 Å². The van der Waals surface area contributed by atoms with E-state index in [0.29, 0.717) is 12.8 Å². The van der Waals surface area contributed by atoms with Crippen molar-refractivity contribution in [1.29, 1.82) is 0 Å². The predicted octanol–water partition coefficient (Wildman–Crippen LogP) is 3.30. The maximum absolute atomic E-state index is 12.1. The number of hydrogen-bond acceptors (Lipinski definition) is 3. The Morgan fingerprint density at radius 1 is 1.26 bits per heavy atom. The second kappa shape index (κ2) is 6.86. The predicted molar refractivity (Wildman–Crippen MR) is 91.9 cm³/mol. The van der Waals surface area contributed by atoms with E-state index in [2.05, 4.69) is 31.2 Å². The molecule has 1 amide bonds. The maximum atomic E-state index is 12.1. The number of anilines is 1. The molecule has 1 aromatic carbocycles. The van der Waals surface area contributed by atoms with Crippen molar-refractivity contribution in [2.24, 2.45) is 7.05 Å². The first kappa shape index (κ1) is 17.1. The first-order valence-electron chi connectivity index (χ1n) is 7.77. The highest BCUT2D eigenvalue weighted by molar-refractivity contribution is 5.90. The van der Waals surface area contributed by atoms with E-state index in [0.717, 1.165) is 22.8 Å². The van der Waals surface area contributed by atoms with Crippen molar-refractivity contribution in [3.8, 4) is 5.75 Å². The largest absolute Gasteiger partial charge is 0.497 e. The van der Waals surface area contributed by atoms with Gasteiger partial charge >= 0.3 is 0 Å². The fourth-order valence-electron chi connectivity index (χ4n) is 2.21. The first-order chi connectivity index (χ1) is 10.8. The van der Waals surface area contributed by atoms with Crippen LogP contribution in [0.15, 0.2) is 30.3 Å². The van der Waals surface area contributed by atoms with Crippen molar-refractivity contribution in [2.45, 2.75) is 39.0 Å². The highest BCUT2D eigenvalue weighted by Gasteiger charge is 2.19. The maximum Gasteiger partial charge on any atom is 0.225 e. The number of aryl methyl sites for hydroxylation is 2. The van der Waals surface area contributed by atoms with Gasteiger partial charge in [-0.3, -0.25) is 9.48 Å². The van der Waals surface area contributed by atoms with Crippen molar-refractivity contribution >= 4 is 11.7 Å². The third kappa shape index (κ3) is 4.58. The van der Waals surface area contributed by atoms with Gasteiger partial charge in [-0.1, -0.05) is 32.9 Å². The zero-order chi connectivity index (χ0) is 17.0. The summed E-state index contributed by atoms with van der Waals surface area (Å²) >= 11 is 0. The van der Waals surface area contributed by atoms with E-state index in [9.17, 15) is 4.79 Å². The summed E-state index contributed by atoms with van der Waals surface area (Å²) in [5, 5.41) is 7.39. The molecule has 1 N–H and O–H groups in total. The third-order valence-corrected chi connectivity index (χ3v) is 3.72. The standard InChI is InChI=1S/C18H25N3O2/c1-18(2,3)15-12-16(21(4)20-15)19-17(22)11-8-13-6-9-14(23-5)10-7-13/h6-7,9-10,12H,8,11H2,1-5H3,(H,19,22). The number of amides is 1. The minimum Gasteiger partial charge on any atom is -0.497 e. The zero-order valence-electron chi connectivity index (χ0n) is 14.5. The molecule has 0 saturated heterocycles. The number of carbonyl (C=O) groups excluding carboxylic acids is 1. The Morgan fingerprint density at radius 3 is 2.43 bits per heavy atom. The van der Waals surface area contributed by atoms with Gasteiger partial charge in [-0.05, 0) is 24.1 Å². The van der Waals surface area contributed by atoms with Gasteiger partial charge in [-0.15, -0.1) is 0 Å². The van der Waals surface area contributed by atoms with E-state index in [1.54, 1.807) is 11.8 Å². The van der Waals surface area contributed by atoms with Crippen LogP contribution in [0.4, 0.5) is 5.82 Å². The van der Waals surface area contributed by atoms with Gasteiger partial charge in [0.1, 0.15) is 11.6 Å². The van der Waals surface area contributed by atoms with Crippen LogP contribution in [-0.2, 0) is 23.7 Å². The summed E-state index contributed by atoms with van der Waals surface area (Å²) in [4.78, 5) is 12.1. The Kier molecular flexibility index (Phi) is 5.08. The number of methoxy groups -OCH3 is 1. The Morgan fingerprint density at radius 2 is 1.91 bits per heavy atom. The molecule has 0 unspecified atom stereocenters. The van der Waals surface area contributed by atoms with Crippen molar-refractivity contribution < 1.29 is 9.53 Å². The summed E-state index contributed by atoms with van der Waals surface area (Å²) in [5.41, 5.74) is 2.04. The number of hydrogen-bond donors (Lipinski definition) is 1. The average molecular weight is 315 g/mol. The molecule has 0 spiro atoms. The van der Waals surface area contributed by atoms with Gasteiger partial charge in [0.05, 0.1) is 12.8 Å². The quantitative estimate of drug-likeness (QED) is 0.921. The van der Waals surface area contributed by atoms with Gasteiger partial charge in [0, 0.05) is 24.9 Å². The molecule has 0 bridgehead atoms. The number of carbonyl (C=O) groups is 1. The molecular formula is C18H25N3O2. The van der Waals surface area contributed by atoms with Crippen LogP contribution in [0.2, 0.25) is 0 Å². The van der Waals surface area contributed by atoms with Crippen molar-refractivity contribution in [3.63, 3.8) is 0 Å². The van der Waals surface area contributed by atoms with E-state index < -0.39 is 0 Å². The lowest BCUT2D eigenvalue weighted by molar-refractivity contribution is -0.116. The highest BCUT2D eigenvalue weighted by atomic mass is 16.5. The number of nitrogens with zero attached hydrogens (tertiary/aromatic N) is 2. The Labute approximate surface area is 137 Å². The second-order valence-corrected chi connectivity index (χ2v) is 6.68. The van der Waals surface area contributed by atoms with Crippen LogP contribution < -0.4 is 10.1 Å². The summed E-state index contributed by atoms with van der Waals surface area (Å²) in [6.07, 6.45) is 1.13. The van der Waals surface area contributed by atoms with Crippen LogP contribution in [0.25, 0.3) is 0 Å². The lowest BCUT2D eigenvalue weighted by atomic mass is 9.92. The van der Waals surface area contributed by atoms with Gasteiger partial charge in [0.15, 0.2) is 0 Å². The molecule has 0 aliphatic heterocycles. The number of aromatic nitrogens is 2. The van der Waals surface area contributed by atoms with E-state index in [-0.39, 0.29) is 11.3 Å². The fourth-order valence-corrected chi connectivity index (χ4v) is 2.21. The van der Waals surface area contributed by atoms with E-state index in [1.165, 1.54) is 0 Å². The molecule has 0 atom stereocenters. The fraction of sp³-hybridized carbons (Fsp3) is 0.444. The molecule has 1 aromatic heterocycles. The van der Waals surface area contributed by atoms with E-state index in [1.807, 2.05) is 37.4 Å². The van der Waals surface area contributed by atoms with Crippen LogP contribution >= 0.6 is 0 Å². The minimum absolute atomic E-state index is 0.00993. The highest BCUT2D eigenvalue weighted by Crippen LogP contribution is 2.23. The van der Waals surface area contributed by atoms with Gasteiger partial charge in [-0.25, -0.2) is 0 Å². The van der Waals surface area contributed by atoms with Gasteiger partial charge in [0.2, 0.25) is 5.91 Å². The SMILES string of the molecule is COc1ccc(CCC(=O)Nc2cc(C(C)(C)C)nn2C)cc1. The number of benzene rings is 1. The van der Waals surface area contributed by atoms with Crippen LogP contribution in [0.3, 0.4) is 0 Å². The van der Waals surface area contributed by atoms with Crippen molar-refractivity contribution in [2.75, 3.05) is 12.4 Å². The minimum atomic E-state index is -0.0379. The number of nitrogens with one attached hydrogen (secondary N) is 1. The number of rotatable bonds is 5. The molecule has 1 heterocycles. The molecular weight excluding hydrogens is 290 g/mol. The number of ether oxygens (including phenoxy) is 1. The van der Waals surface area contributed by atoms with E-state index in [4.69, 9.17) is 4.74 Å². The lowest BCUT2D eigenvalue weighted by Crippen LogP contribution is -2.14. The van der Waals surface area contributed by atoms with Gasteiger partial charge < -0.3 is 10.1 Å². The Balaban J connectivity index is 1.93. The summed E-state index contributed by atoms with van der Waals surface area (Å²) in [5.74, 6) is 1.54. The van der Waals surface area contributed by atoms with Crippen LogP contribution in [0.5, 0.6) is 5.75 Å². The van der Waals surface area contributed by atoms with Crippen LogP contribution in [0.1, 0.15) is 38.4 Å². The molecule has 0 fully saturated rings. The van der Waals surface area contributed by atoms with Crippen molar-refractivity contribution in [3.05, 3.63) is 41.6 Å². The van der Waals surface area contributed by atoms with Gasteiger partial charge in [-0.2, -0.15) is 5.10 Å². The Bertz CT molecular complexity index is 667. The molecule has 124 valence electrons. The van der Waals surface area contributed by atoms with Crippen LogP contribution in [-0.4, -0.2) is 22.8 Å². The summed E-state index contributed by atoms with van der Waals surface area (Å²) < 4.78 is 6.84. The second-order valence-electron chi connectivity index (χ2n) is 6.68. The smallest absolute Gasteiger partial charge is 0.225 e. The topological polar surface area (TPSA) is 56.1 Å². The molecule has 0 aliphatic carbocycles. The Hall–Kier alpha value is -2.30. The summed E-state index contributed by atoms with van der Waals surface area (Å²) in [6.45, 7) is 6.31. The zero-order valence-corrected chi connectivity index (χ0v) is 14.5. The molecule has 2 rings (SSSR count). The molecule has 23 heavy (non-hydrogen) atoms. The molecule has 2 aromatic rings. The molecule has 5 heteroatoms. The summed E-state index contributed by atoms with van der Waals surface area (Å²) in [6, 6.07) is 9.71. The monoisotopic (exact) mass is 315 g/mol. The summed E-state index contributed by atoms with van der Waals surface area (Å²) in [7, 11) is 3.48. The molecule has 0 aliphatic rings. The van der Waals surface area contributed by atoms with Crippen LogP contribution in [0, 0.1) is 0 Å².